The molecule has 2 rings (SSSR count). The van der Waals surface area contributed by atoms with Crippen LogP contribution in [0.2, 0.25) is 0 Å². The number of carbonyl (C=O) groups excluding carboxylic acids is 1. The first-order valence-corrected chi connectivity index (χ1v) is 7.58. The Bertz CT molecular complexity index is 757. The second-order valence-electron chi connectivity index (χ2n) is 5.36. The van der Waals surface area contributed by atoms with E-state index >= 15 is 0 Å². The Balaban J connectivity index is 1.86. The lowest BCUT2D eigenvalue weighted by atomic mass is 10.1. The number of benzene rings is 2. The summed E-state index contributed by atoms with van der Waals surface area (Å²) in [5.74, 6) is -0.382. The second-order valence-corrected chi connectivity index (χ2v) is 5.36. The van der Waals surface area contributed by atoms with Gasteiger partial charge in [0.15, 0.2) is 0 Å². The van der Waals surface area contributed by atoms with Crippen molar-refractivity contribution in [1.82, 2.24) is 5.32 Å². The van der Waals surface area contributed by atoms with E-state index < -0.39 is 5.91 Å². The summed E-state index contributed by atoms with van der Waals surface area (Å²) >= 11 is 0. The van der Waals surface area contributed by atoms with E-state index in [-0.39, 0.29) is 11.3 Å². The van der Waals surface area contributed by atoms with Gasteiger partial charge in [0.25, 0.3) is 5.91 Å². The molecule has 0 radical (unpaired) electrons. The van der Waals surface area contributed by atoms with Crippen LogP contribution in [0.5, 0.6) is 5.75 Å². The molecule has 0 spiro atoms. The molecule has 0 aliphatic carbocycles. The number of aromatic hydroxyl groups is 1. The van der Waals surface area contributed by atoms with Crippen LogP contribution in [0.4, 0.5) is 5.69 Å². The van der Waals surface area contributed by atoms with Crippen molar-refractivity contribution >= 4 is 11.6 Å². The van der Waals surface area contributed by atoms with Gasteiger partial charge < -0.3 is 15.7 Å². The van der Waals surface area contributed by atoms with E-state index in [0.717, 1.165) is 6.42 Å². The highest BCUT2D eigenvalue weighted by Crippen LogP contribution is 2.14. The standard InChI is InChI=1S/C19H19N3O2/c1-14-2-4-15(5-3-14)10-11-21-13-16(12-20)19(24)22-17-6-8-18(23)9-7-17/h2-9,13,21,23H,10-11H2,1H3,(H,22,24)/b16-13-. The molecule has 0 heterocycles. The minimum absolute atomic E-state index is 0.00742. The fraction of sp³-hybridized carbons (Fsp3) is 0.158. The smallest absolute Gasteiger partial charge is 0.267 e. The molecule has 1 amide bonds. The van der Waals surface area contributed by atoms with Gasteiger partial charge in [-0.25, -0.2) is 0 Å². The van der Waals surface area contributed by atoms with E-state index in [0.29, 0.717) is 12.2 Å². The molecule has 0 aliphatic heterocycles. The van der Waals surface area contributed by atoms with Crippen LogP contribution in [0.15, 0.2) is 60.3 Å². The highest BCUT2D eigenvalue weighted by atomic mass is 16.3. The van der Waals surface area contributed by atoms with Gasteiger partial charge in [-0.2, -0.15) is 5.26 Å². The fourth-order valence-electron chi connectivity index (χ4n) is 2.04. The molecule has 3 N–H and O–H groups in total. The number of aryl methyl sites for hydroxylation is 1. The van der Waals surface area contributed by atoms with E-state index in [1.54, 1.807) is 12.1 Å². The summed E-state index contributed by atoms with van der Waals surface area (Å²) in [6.45, 7) is 2.66. The van der Waals surface area contributed by atoms with E-state index in [1.165, 1.54) is 29.5 Å². The first kappa shape index (κ1) is 17.1. The zero-order valence-corrected chi connectivity index (χ0v) is 13.4. The molecule has 0 saturated carbocycles. The highest BCUT2D eigenvalue weighted by molar-refractivity contribution is 6.06. The van der Waals surface area contributed by atoms with Crippen molar-refractivity contribution in [3.63, 3.8) is 0 Å². The Hall–Kier alpha value is -3.26. The summed E-state index contributed by atoms with van der Waals surface area (Å²) in [6, 6.07) is 16.2. The highest BCUT2D eigenvalue weighted by Gasteiger charge is 2.08. The van der Waals surface area contributed by atoms with Gasteiger partial charge in [-0.3, -0.25) is 4.79 Å². The van der Waals surface area contributed by atoms with Crippen molar-refractivity contribution in [2.75, 3.05) is 11.9 Å². The molecule has 5 heteroatoms. The van der Waals surface area contributed by atoms with Crippen molar-refractivity contribution in [2.45, 2.75) is 13.3 Å². The van der Waals surface area contributed by atoms with Crippen LogP contribution < -0.4 is 10.6 Å². The van der Waals surface area contributed by atoms with Gasteiger partial charge in [-0.15, -0.1) is 0 Å². The first-order valence-electron chi connectivity index (χ1n) is 7.58. The number of anilines is 1. The van der Waals surface area contributed by atoms with Crippen LogP contribution in [0.3, 0.4) is 0 Å². The van der Waals surface area contributed by atoms with E-state index in [4.69, 9.17) is 5.26 Å². The molecule has 0 fully saturated rings. The third kappa shape index (κ3) is 5.18. The lowest BCUT2D eigenvalue weighted by Crippen LogP contribution is -2.17. The van der Waals surface area contributed by atoms with Gasteiger partial charge in [0.2, 0.25) is 0 Å². The largest absolute Gasteiger partial charge is 0.508 e. The molecule has 0 aliphatic rings. The monoisotopic (exact) mass is 321 g/mol. The molecule has 0 unspecified atom stereocenters. The van der Waals surface area contributed by atoms with Crippen LogP contribution in [0.25, 0.3) is 0 Å². The summed E-state index contributed by atoms with van der Waals surface area (Å²) in [4.78, 5) is 12.0. The number of phenolic OH excluding ortho intramolecular Hbond substituents is 1. The third-order valence-corrected chi connectivity index (χ3v) is 3.42. The Morgan fingerprint density at radius 1 is 1.17 bits per heavy atom. The summed E-state index contributed by atoms with van der Waals surface area (Å²) in [5.41, 5.74) is 2.91. The molecule has 0 aromatic heterocycles. The van der Waals surface area contributed by atoms with Crippen molar-refractivity contribution in [3.8, 4) is 11.8 Å². The first-order chi connectivity index (χ1) is 11.6. The number of carbonyl (C=O) groups is 1. The van der Waals surface area contributed by atoms with Gasteiger partial charge in [0, 0.05) is 18.4 Å². The van der Waals surface area contributed by atoms with Gasteiger partial charge in [0.1, 0.15) is 17.4 Å². The summed E-state index contributed by atoms with van der Waals surface area (Å²) in [5, 5.41) is 23.9. The Morgan fingerprint density at radius 3 is 2.46 bits per heavy atom. The fourth-order valence-corrected chi connectivity index (χ4v) is 2.04. The second kappa shape index (κ2) is 8.39. The Labute approximate surface area is 141 Å². The van der Waals surface area contributed by atoms with Crippen LogP contribution >= 0.6 is 0 Å². The maximum atomic E-state index is 12.0. The minimum atomic E-state index is -0.494. The topological polar surface area (TPSA) is 85.2 Å². The van der Waals surface area contributed by atoms with E-state index in [2.05, 4.69) is 34.9 Å². The van der Waals surface area contributed by atoms with Gasteiger partial charge in [0.05, 0.1) is 0 Å². The summed E-state index contributed by atoms with van der Waals surface area (Å²) < 4.78 is 0. The molecule has 0 atom stereocenters. The molecular weight excluding hydrogens is 302 g/mol. The van der Waals surface area contributed by atoms with E-state index in [1.807, 2.05) is 13.0 Å². The normalized spacial score (nSPS) is 10.8. The van der Waals surface area contributed by atoms with Crippen molar-refractivity contribution in [2.24, 2.45) is 0 Å². The number of rotatable bonds is 6. The molecule has 122 valence electrons. The molecular formula is C19H19N3O2. The number of hydrogen-bond acceptors (Lipinski definition) is 4. The van der Waals surface area contributed by atoms with Crippen LogP contribution in [-0.4, -0.2) is 17.6 Å². The summed E-state index contributed by atoms with van der Waals surface area (Å²) in [7, 11) is 0. The number of phenols is 1. The van der Waals surface area contributed by atoms with Crippen LogP contribution in [0, 0.1) is 18.3 Å². The SMILES string of the molecule is Cc1ccc(CCN/C=C(/C#N)C(=O)Nc2ccc(O)cc2)cc1. The predicted octanol–water partition coefficient (Wildman–Crippen LogP) is 2.88. The average molecular weight is 321 g/mol. The molecule has 5 nitrogen and oxygen atoms in total. The summed E-state index contributed by atoms with van der Waals surface area (Å²) in [6.07, 6.45) is 2.22. The maximum absolute atomic E-state index is 12.0. The number of nitrogens with one attached hydrogen (secondary N) is 2. The van der Waals surface area contributed by atoms with Crippen LogP contribution in [-0.2, 0) is 11.2 Å². The third-order valence-electron chi connectivity index (χ3n) is 3.42. The number of nitrogens with zero attached hydrogens (tertiary/aromatic N) is 1. The van der Waals surface area contributed by atoms with Crippen molar-refractivity contribution in [3.05, 3.63) is 71.4 Å². The van der Waals surface area contributed by atoms with Crippen molar-refractivity contribution < 1.29 is 9.90 Å². The lowest BCUT2D eigenvalue weighted by molar-refractivity contribution is -0.112. The van der Waals surface area contributed by atoms with Gasteiger partial charge in [-0.05, 0) is 43.2 Å². The molecule has 0 saturated heterocycles. The molecule has 2 aromatic carbocycles. The Morgan fingerprint density at radius 2 is 1.83 bits per heavy atom. The number of hydrogen-bond donors (Lipinski definition) is 3. The number of amides is 1. The average Bonchev–Trinajstić information content (AvgIpc) is 2.58. The van der Waals surface area contributed by atoms with E-state index in [9.17, 15) is 9.90 Å². The maximum Gasteiger partial charge on any atom is 0.267 e. The molecule has 2 aromatic rings. The predicted molar refractivity (Wildman–Crippen MR) is 93.3 cm³/mol. The minimum Gasteiger partial charge on any atom is -0.508 e. The van der Waals surface area contributed by atoms with Gasteiger partial charge in [-0.1, -0.05) is 29.8 Å². The van der Waals surface area contributed by atoms with Crippen LogP contribution in [0.1, 0.15) is 11.1 Å². The quantitative estimate of drug-likeness (QED) is 0.330. The van der Waals surface area contributed by atoms with Crippen molar-refractivity contribution in [1.29, 1.82) is 5.26 Å². The lowest BCUT2D eigenvalue weighted by Gasteiger charge is -2.06. The molecule has 24 heavy (non-hydrogen) atoms. The number of nitriles is 1. The molecule has 0 bridgehead atoms. The Kier molecular flexibility index (Phi) is 5.98. The zero-order valence-electron chi connectivity index (χ0n) is 13.4. The van der Waals surface area contributed by atoms with Gasteiger partial charge >= 0.3 is 0 Å². The zero-order chi connectivity index (χ0) is 17.4.